The summed E-state index contributed by atoms with van der Waals surface area (Å²) >= 11 is 5.76. The van der Waals surface area contributed by atoms with Crippen molar-refractivity contribution in [1.82, 2.24) is 0 Å². The molecule has 0 aliphatic heterocycles. The molecule has 0 spiro atoms. The van der Waals surface area contributed by atoms with Gasteiger partial charge >= 0.3 is 0 Å². The third-order valence-electron chi connectivity index (χ3n) is 2.69. The Morgan fingerprint density at radius 1 is 1.11 bits per heavy atom. The van der Waals surface area contributed by atoms with Crippen molar-refractivity contribution in [2.75, 3.05) is 5.32 Å². The highest BCUT2D eigenvalue weighted by Crippen LogP contribution is 2.14. The van der Waals surface area contributed by atoms with E-state index in [0.29, 0.717) is 17.1 Å². The highest BCUT2D eigenvalue weighted by molar-refractivity contribution is 6.30. The Morgan fingerprint density at radius 2 is 1.74 bits per heavy atom. The highest BCUT2D eigenvalue weighted by Gasteiger charge is 2.15. The first-order valence-corrected chi connectivity index (χ1v) is 6.31. The number of amides is 1. The van der Waals surface area contributed by atoms with Gasteiger partial charge in [0.1, 0.15) is 6.10 Å². The van der Waals surface area contributed by atoms with E-state index in [1.54, 1.807) is 24.3 Å². The standard InChI is InChI=1S/C15H14ClNO2/c16-12-6-8-13(9-7-12)17-15(19)14(18)10-11-4-2-1-3-5-11/h1-9,14,18H,10H2,(H,17,19). The van der Waals surface area contributed by atoms with Gasteiger partial charge in [-0.3, -0.25) is 4.79 Å². The van der Waals surface area contributed by atoms with E-state index in [0.717, 1.165) is 5.56 Å². The minimum absolute atomic E-state index is 0.292. The summed E-state index contributed by atoms with van der Waals surface area (Å²) in [6, 6.07) is 16.1. The van der Waals surface area contributed by atoms with E-state index in [1.807, 2.05) is 30.3 Å². The second-order valence-electron chi connectivity index (χ2n) is 4.20. The molecule has 0 radical (unpaired) electrons. The Kier molecular flexibility index (Phi) is 4.55. The molecule has 4 heteroatoms. The van der Waals surface area contributed by atoms with Gasteiger partial charge in [-0.1, -0.05) is 41.9 Å². The fourth-order valence-electron chi connectivity index (χ4n) is 1.69. The SMILES string of the molecule is O=C(Nc1ccc(Cl)cc1)C(O)Cc1ccccc1. The van der Waals surface area contributed by atoms with Crippen LogP contribution < -0.4 is 5.32 Å². The fraction of sp³-hybridized carbons (Fsp3) is 0.133. The molecule has 1 atom stereocenters. The molecular weight excluding hydrogens is 262 g/mol. The minimum atomic E-state index is -1.07. The van der Waals surface area contributed by atoms with Crippen LogP contribution in [0, 0.1) is 0 Å². The maximum atomic E-state index is 11.8. The molecule has 19 heavy (non-hydrogen) atoms. The molecule has 98 valence electrons. The lowest BCUT2D eigenvalue weighted by Crippen LogP contribution is -2.29. The van der Waals surface area contributed by atoms with Crippen molar-refractivity contribution < 1.29 is 9.90 Å². The van der Waals surface area contributed by atoms with Gasteiger partial charge in [0.15, 0.2) is 0 Å². The molecule has 3 nitrogen and oxygen atoms in total. The summed E-state index contributed by atoms with van der Waals surface area (Å²) in [4.78, 5) is 11.8. The summed E-state index contributed by atoms with van der Waals surface area (Å²) in [7, 11) is 0. The van der Waals surface area contributed by atoms with Crippen LogP contribution in [0.4, 0.5) is 5.69 Å². The molecule has 1 amide bonds. The van der Waals surface area contributed by atoms with Crippen LogP contribution in [-0.2, 0) is 11.2 Å². The van der Waals surface area contributed by atoms with E-state index < -0.39 is 12.0 Å². The van der Waals surface area contributed by atoms with Gasteiger partial charge in [0.25, 0.3) is 5.91 Å². The number of benzene rings is 2. The van der Waals surface area contributed by atoms with Crippen molar-refractivity contribution in [3.63, 3.8) is 0 Å². The molecule has 0 aromatic heterocycles. The number of nitrogens with one attached hydrogen (secondary N) is 1. The van der Waals surface area contributed by atoms with Crippen molar-refractivity contribution >= 4 is 23.2 Å². The van der Waals surface area contributed by atoms with Crippen LogP contribution in [0.2, 0.25) is 5.02 Å². The molecule has 2 aromatic carbocycles. The Morgan fingerprint density at radius 3 is 2.37 bits per heavy atom. The van der Waals surface area contributed by atoms with Crippen LogP contribution in [0.25, 0.3) is 0 Å². The predicted octanol–water partition coefficient (Wildman–Crippen LogP) is 2.88. The largest absolute Gasteiger partial charge is 0.383 e. The van der Waals surface area contributed by atoms with Gasteiger partial charge in [0.2, 0.25) is 0 Å². The molecule has 1 unspecified atom stereocenters. The summed E-state index contributed by atoms with van der Waals surface area (Å²) in [5.74, 6) is -0.425. The van der Waals surface area contributed by atoms with E-state index in [-0.39, 0.29) is 0 Å². The summed E-state index contributed by atoms with van der Waals surface area (Å²) in [5.41, 5.74) is 1.53. The number of carbonyl (C=O) groups excluding carboxylic acids is 1. The molecule has 2 aromatic rings. The predicted molar refractivity (Wildman–Crippen MR) is 76.2 cm³/mol. The normalized spacial score (nSPS) is 11.9. The summed E-state index contributed by atoms with van der Waals surface area (Å²) in [5, 5.41) is 13.1. The monoisotopic (exact) mass is 275 g/mol. The van der Waals surface area contributed by atoms with Gasteiger partial charge in [-0.2, -0.15) is 0 Å². The molecule has 0 aliphatic carbocycles. The number of carbonyl (C=O) groups is 1. The zero-order chi connectivity index (χ0) is 13.7. The average molecular weight is 276 g/mol. The van der Waals surface area contributed by atoms with E-state index in [1.165, 1.54) is 0 Å². The smallest absolute Gasteiger partial charge is 0.253 e. The van der Waals surface area contributed by atoms with Gasteiger partial charge < -0.3 is 10.4 Å². The minimum Gasteiger partial charge on any atom is -0.383 e. The lowest BCUT2D eigenvalue weighted by Gasteiger charge is -2.11. The topological polar surface area (TPSA) is 49.3 Å². The summed E-state index contributed by atoms with van der Waals surface area (Å²) in [6.45, 7) is 0. The van der Waals surface area contributed by atoms with Gasteiger partial charge in [-0.05, 0) is 29.8 Å². The number of halogens is 1. The molecule has 0 bridgehead atoms. The lowest BCUT2D eigenvalue weighted by atomic mass is 10.1. The van der Waals surface area contributed by atoms with E-state index in [4.69, 9.17) is 11.6 Å². The maximum Gasteiger partial charge on any atom is 0.253 e. The number of hydrogen-bond donors (Lipinski definition) is 2. The molecule has 2 rings (SSSR count). The molecule has 0 aliphatic rings. The van der Waals surface area contributed by atoms with Crippen molar-refractivity contribution in [2.24, 2.45) is 0 Å². The highest BCUT2D eigenvalue weighted by atomic mass is 35.5. The number of aliphatic hydroxyl groups is 1. The number of hydrogen-bond acceptors (Lipinski definition) is 2. The van der Waals surface area contributed by atoms with Crippen molar-refractivity contribution in [2.45, 2.75) is 12.5 Å². The fourth-order valence-corrected chi connectivity index (χ4v) is 1.81. The Hall–Kier alpha value is -1.84. The zero-order valence-corrected chi connectivity index (χ0v) is 11.0. The van der Waals surface area contributed by atoms with Crippen LogP contribution in [0.5, 0.6) is 0 Å². The van der Waals surface area contributed by atoms with Crippen molar-refractivity contribution in [3.05, 3.63) is 65.2 Å². The van der Waals surface area contributed by atoms with Crippen molar-refractivity contribution in [1.29, 1.82) is 0 Å². The van der Waals surface area contributed by atoms with Crippen molar-refractivity contribution in [3.8, 4) is 0 Å². The van der Waals surface area contributed by atoms with Gasteiger partial charge in [-0.25, -0.2) is 0 Å². The van der Waals surface area contributed by atoms with Crippen LogP contribution in [0.3, 0.4) is 0 Å². The third-order valence-corrected chi connectivity index (χ3v) is 2.94. The van der Waals surface area contributed by atoms with Crippen LogP contribution in [0.15, 0.2) is 54.6 Å². The quantitative estimate of drug-likeness (QED) is 0.901. The average Bonchev–Trinajstić information content (AvgIpc) is 2.42. The van der Waals surface area contributed by atoms with Crippen LogP contribution >= 0.6 is 11.6 Å². The van der Waals surface area contributed by atoms with Gasteiger partial charge in [0.05, 0.1) is 0 Å². The molecule has 0 saturated carbocycles. The van der Waals surface area contributed by atoms with Crippen LogP contribution in [0.1, 0.15) is 5.56 Å². The van der Waals surface area contributed by atoms with Crippen LogP contribution in [-0.4, -0.2) is 17.1 Å². The Balaban J connectivity index is 1.94. The van der Waals surface area contributed by atoms with E-state index >= 15 is 0 Å². The number of anilines is 1. The molecule has 2 N–H and O–H groups in total. The second kappa shape index (κ2) is 6.36. The first kappa shape index (κ1) is 13.6. The summed E-state index contributed by atoms with van der Waals surface area (Å²) in [6.07, 6.45) is -0.779. The first-order valence-electron chi connectivity index (χ1n) is 5.93. The molecule has 0 heterocycles. The number of rotatable bonds is 4. The molecular formula is C15H14ClNO2. The number of aliphatic hydroxyl groups excluding tert-OH is 1. The maximum absolute atomic E-state index is 11.8. The molecule has 0 saturated heterocycles. The van der Waals surface area contributed by atoms with E-state index in [9.17, 15) is 9.90 Å². The van der Waals surface area contributed by atoms with Gasteiger partial charge in [0, 0.05) is 17.1 Å². The molecule has 0 fully saturated rings. The Bertz CT molecular complexity index is 540. The first-order chi connectivity index (χ1) is 9.15. The van der Waals surface area contributed by atoms with Gasteiger partial charge in [-0.15, -0.1) is 0 Å². The van der Waals surface area contributed by atoms with E-state index in [2.05, 4.69) is 5.32 Å². The third kappa shape index (κ3) is 4.09. The Labute approximate surface area is 116 Å². The lowest BCUT2D eigenvalue weighted by molar-refractivity contribution is -0.123. The zero-order valence-electron chi connectivity index (χ0n) is 10.2. The second-order valence-corrected chi connectivity index (χ2v) is 4.64. The summed E-state index contributed by atoms with van der Waals surface area (Å²) < 4.78 is 0.